The summed E-state index contributed by atoms with van der Waals surface area (Å²) in [6.45, 7) is 0.788. The highest BCUT2D eigenvalue weighted by Gasteiger charge is 2.12. The van der Waals surface area contributed by atoms with Gasteiger partial charge in [0.2, 0.25) is 5.91 Å². The summed E-state index contributed by atoms with van der Waals surface area (Å²) in [4.78, 5) is 12.4. The van der Waals surface area contributed by atoms with E-state index in [1.54, 1.807) is 25.3 Å². The number of benzene rings is 2. The average Bonchev–Trinajstić information content (AvgIpc) is 3.19. The van der Waals surface area contributed by atoms with Gasteiger partial charge in [-0.1, -0.05) is 29.8 Å². The van der Waals surface area contributed by atoms with Crippen LogP contribution >= 0.6 is 11.6 Å². The molecule has 0 aliphatic heterocycles. The summed E-state index contributed by atoms with van der Waals surface area (Å²) in [6, 6.07) is 17.1. The van der Waals surface area contributed by atoms with E-state index >= 15 is 0 Å². The summed E-state index contributed by atoms with van der Waals surface area (Å²) < 4.78 is 12.6. The zero-order chi connectivity index (χ0) is 19.1. The molecule has 2 aromatic carbocycles. The van der Waals surface area contributed by atoms with Crippen LogP contribution in [-0.4, -0.2) is 30.8 Å². The van der Waals surface area contributed by atoms with Gasteiger partial charge in [0.25, 0.3) is 0 Å². The van der Waals surface area contributed by atoms with Gasteiger partial charge in [0, 0.05) is 25.2 Å². The van der Waals surface area contributed by atoms with E-state index in [1.165, 1.54) is 0 Å². The number of nitrogens with one attached hydrogen (secondary N) is 1. The Morgan fingerprint density at radius 3 is 2.48 bits per heavy atom. The topological polar surface area (TPSA) is 52.5 Å². The number of hydrogen-bond acceptors (Lipinski definition) is 3. The second-order valence-corrected chi connectivity index (χ2v) is 6.35. The predicted molar refractivity (Wildman–Crippen MR) is 107 cm³/mol. The smallest absolute Gasteiger partial charge is 0.228 e. The van der Waals surface area contributed by atoms with Gasteiger partial charge in [0.1, 0.15) is 6.61 Å². The van der Waals surface area contributed by atoms with E-state index < -0.39 is 0 Å². The number of aromatic nitrogens is 1. The lowest BCUT2D eigenvalue weighted by atomic mass is 10.1. The van der Waals surface area contributed by atoms with Crippen LogP contribution in [0.1, 0.15) is 5.56 Å². The van der Waals surface area contributed by atoms with E-state index in [0.717, 1.165) is 11.3 Å². The molecule has 0 spiro atoms. The molecule has 0 aliphatic rings. The molecule has 1 N–H and O–H groups in total. The van der Waals surface area contributed by atoms with Crippen LogP contribution in [0.5, 0.6) is 5.75 Å². The largest absolute Gasteiger partial charge is 0.487 e. The number of rotatable bonds is 8. The Morgan fingerprint density at radius 1 is 1.04 bits per heavy atom. The van der Waals surface area contributed by atoms with Crippen molar-refractivity contribution < 1.29 is 14.3 Å². The van der Waals surface area contributed by atoms with Crippen LogP contribution < -0.4 is 10.1 Å². The van der Waals surface area contributed by atoms with Crippen molar-refractivity contribution in [1.82, 2.24) is 4.57 Å². The predicted octanol–water partition coefficient (Wildman–Crippen LogP) is 4.34. The van der Waals surface area contributed by atoms with E-state index in [0.29, 0.717) is 29.7 Å². The van der Waals surface area contributed by atoms with Crippen LogP contribution in [0.3, 0.4) is 0 Å². The molecule has 0 saturated carbocycles. The van der Waals surface area contributed by atoms with Gasteiger partial charge in [0.15, 0.2) is 5.75 Å². The molecule has 0 bridgehead atoms. The fourth-order valence-electron chi connectivity index (χ4n) is 2.65. The first-order valence-corrected chi connectivity index (χ1v) is 8.97. The van der Waals surface area contributed by atoms with Crippen molar-refractivity contribution in [1.29, 1.82) is 0 Å². The SMILES string of the molecule is COCCOc1c(Cl)cccc1NC(=O)Cc1ccc(-n2cccc2)cc1. The first-order valence-electron chi connectivity index (χ1n) is 8.60. The summed E-state index contributed by atoms with van der Waals surface area (Å²) in [5, 5.41) is 3.32. The van der Waals surface area contributed by atoms with Crippen LogP contribution in [0.25, 0.3) is 5.69 Å². The fraction of sp³-hybridized carbons (Fsp3) is 0.190. The minimum absolute atomic E-state index is 0.137. The molecule has 0 fully saturated rings. The maximum Gasteiger partial charge on any atom is 0.228 e. The summed E-state index contributed by atoms with van der Waals surface area (Å²) >= 11 is 6.20. The fourth-order valence-corrected chi connectivity index (χ4v) is 2.88. The molecule has 0 atom stereocenters. The second kappa shape index (κ2) is 9.26. The molecule has 1 heterocycles. The Morgan fingerprint density at radius 2 is 1.78 bits per heavy atom. The molecule has 3 aromatic rings. The van der Waals surface area contributed by atoms with Crippen molar-refractivity contribution in [2.24, 2.45) is 0 Å². The Kier molecular flexibility index (Phi) is 6.52. The Bertz CT molecular complexity index is 877. The molecule has 0 aliphatic carbocycles. The second-order valence-electron chi connectivity index (χ2n) is 5.94. The van der Waals surface area contributed by atoms with Crippen LogP contribution in [0.2, 0.25) is 5.02 Å². The lowest BCUT2D eigenvalue weighted by Crippen LogP contribution is -2.16. The van der Waals surface area contributed by atoms with E-state index in [9.17, 15) is 4.79 Å². The first kappa shape index (κ1) is 19.0. The number of carbonyl (C=O) groups is 1. The third kappa shape index (κ3) is 5.12. The van der Waals surface area contributed by atoms with Gasteiger partial charge in [-0.25, -0.2) is 0 Å². The lowest BCUT2D eigenvalue weighted by molar-refractivity contribution is -0.115. The molecule has 0 unspecified atom stereocenters. The van der Waals surface area contributed by atoms with E-state index in [-0.39, 0.29) is 12.3 Å². The van der Waals surface area contributed by atoms with Gasteiger partial charge in [-0.2, -0.15) is 0 Å². The molecule has 1 aromatic heterocycles. The monoisotopic (exact) mass is 384 g/mol. The highest BCUT2D eigenvalue weighted by molar-refractivity contribution is 6.32. The number of halogens is 1. The molecule has 0 saturated heterocycles. The third-order valence-corrected chi connectivity index (χ3v) is 4.28. The Labute approximate surface area is 163 Å². The molecule has 5 nitrogen and oxygen atoms in total. The van der Waals surface area contributed by atoms with E-state index in [1.807, 2.05) is 53.4 Å². The quantitative estimate of drug-likeness (QED) is 0.588. The molecule has 27 heavy (non-hydrogen) atoms. The molecule has 1 amide bonds. The minimum Gasteiger partial charge on any atom is -0.487 e. The summed E-state index contributed by atoms with van der Waals surface area (Å²) in [5.41, 5.74) is 2.52. The van der Waals surface area contributed by atoms with Gasteiger partial charge in [0.05, 0.1) is 23.7 Å². The minimum atomic E-state index is -0.137. The molecular weight excluding hydrogens is 364 g/mol. The lowest BCUT2D eigenvalue weighted by Gasteiger charge is -2.14. The van der Waals surface area contributed by atoms with Crippen molar-refractivity contribution in [3.8, 4) is 11.4 Å². The molecule has 3 rings (SSSR count). The molecule has 140 valence electrons. The summed E-state index contributed by atoms with van der Waals surface area (Å²) in [7, 11) is 1.60. The maximum absolute atomic E-state index is 12.4. The van der Waals surface area contributed by atoms with E-state index in [2.05, 4.69) is 5.32 Å². The maximum atomic E-state index is 12.4. The third-order valence-electron chi connectivity index (χ3n) is 3.98. The van der Waals surface area contributed by atoms with Gasteiger partial charge in [-0.15, -0.1) is 0 Å². The van der Waals surface area contributed by atoms with E-state index in [4.69, 9.17) is 21.1 Å². The Hall–Kier alpha value is -2.76. The number of nitrogens with zero attached hydrogens (tertiary/aromatic N) is 1. The van der Waals surface area contributed by atoms with Gasteiger partial charge in [-0.3, -0.25) is 4.79 Å². The van der Waals surface area contributed by atoms with Crippen molar-refractivity contribution in [3.63, 3.8) is 0 Å². The van der Waals surface area contributed by atoms with Crippen LogP contribution in [0.4, 0.5) is 5.69 Å². The number of amides is 1. The number of hydrogen-bond donors (Lipinski definition) is 1. The number of anilines is 1. The standard InChI is InChI=1S/C21H21ClN2O3/c1-26-13-14-27-21-18(22)5-4-6-19(21)23-20(25)15-16-7-9-17(10-8-16)24-11-2-3-12-24/h2-12H,13-15H2,1H3,(H,23,25). The number of carbonyl (C=O) groups excluding carboxylic acids is 1. The van der Waals surface area contributed by atoms with Crippen LogP contribution in [-0.2, 0) is 16.0 Å². The molecular formula is C21H21ClN2O3. The Balaban J connectivity index is 1.65. The summed E-state index contributed by atoms with van der Waals surface area (Å²) in [5.74, 6) is 0.315. The zero-order valence-corrected chi connectivity index (χ0v) is 15.8. The highest BCUT2D eigenvalue weighted by atomic mass is 35.5. The van der Waals surface area contributed by atoms with Crippen molar-refractivity contribution in [2.45, 2.75) is 6.42 Å². The molecule has 0 radical (unpaired) electrons. The molecule has 6 heteroatoms. The summed E-state index contributed by atoms with van der Waals surface area (Å²) in [6.07, 6.45) is 4.22. The van der Waals surface area contributed by atoms with Crippen LogP contribution in [0, 0.1) is 0 Å². The average molecular weight is 385 g/mol. The van der Waals surface area contributed by atoms with Crippen molar-refractivity contribution >= 4 is 23.2 Å². The number of para-hydroxylation sites is 1. The number of ether oxygens (including phenoxy) is 2. The van der Waals surface area contributed by atoms with Gasteiger partial charge < -0.3 is 19.4 Å². The van der Waals surface area contributed by atoms with Crippen molar-refractivity contribution in [2.75, 3.05) is 25.6 Å². The normalized spacial score (nSPS) is 10.6. The van der Waals surface area contributed by atoms with Gasteiger partial charge >= 0.3 is 0 Å². The van der Waals surface area contributed by atoms with Crippen molar-refractivity contribution in [3.05, 3.63) is 77.6 Å². The highest BCUT2D eigenvalue weighted by Crippen LogP contribution is 2.33. The number of methoxy groups -OCH3 is 1. The van der Waals surface area contributed by atoms with Gasteiger partial charge in [-0.05, 0) is 42.0 Å². The zero-order valence-electron chi connectivity index (χ0n) is 15.0. The first-order chi connectivity index (χ1) is 13.2. The van der Waals surface area contributed by atoms with Crippen LogP contribution in [0.15, 0.2) is 67.0 Å².